The average Bonchev–Trinajstić information content (AvgIpc) is 2.54. The van der Waals surface area contributed by atoms with Crippen molar-refractivity contribution in [1.29, 1.82) is 5.26 Å². The van der Waals surface area contributed by atoms with Gasteiger partial charge in [0.15, 0.2) is 0 Å². The summed E-state index contributed by atoms with van der Waals surface area (Å²) in [6, 6.07) is 14.0. The van der Waals surface area contributed by atoms with Crippen LogP contribution in [0.25, 0.3) is 0 Å². The van der Waals surface area contributed by atoms with E-state index in [1.807, 2.05) is 6.07 Å². The summed E-state index contributed by atoms with van der Waals surface area (Å²) in [5, 5.41) is 13.8. The lowest BCUT2D eigenvalue weighted by Crippen LogP contribution is -2.23. The van der Waals surface area contributed by atoms with Crippen LogP contribution in [-0.2, 0) is 11.3 Å². The van der Waals surface area contributed by atoms with Crippen molar-refractivity contribution in [1.82, 2.24) is 10.3 Å². The maximum absolute atomic E-state index is 11.9. The second-order valence-corrected chi connectivity index (χ2v) is 4.48. The number of nitrogens with zero attached hydrogens (tertiary/aromatic N) is 2. The van der Waals surface area contributed by atoms with Crippen molar-refractivity contribution in [3.05, 3.63) is 59.9 Å². The molecule has 1 aromatic carbocycles. The lowest BCUT2D eigenvalue weighted by molar-refractivity contribution is -0.115. The number of hydrogen-bond acceptors (Lipinski definition) is 4. The Morgan fingerprint density at radius 3 is 2.77 bits per heavy atom. The van der Waals surface area contributed by atoms with E-state index >= 15 is 0 Å². The number of pyridine rings is 1. The van der Waals surface area contributed by atoms with Gasteiger partial charge in [0, 0.05) is 18.4 Å². The first-order valence-corrected chi connectivity index (χ1v) is 6.64. The highest BCUT2D eigenvalue weighted by atomic mass is 16.2. The SMILES string of the molecule is N#CCC(=O)Nc1cccc(CNC(=O)c2ccccn2)c1. The molecule has 110 valence electrons. The van der Waals surface area contributed by atoms with E-state index in [0.29, 0.717) is 17.9 Å². The molecule has 22 heavy (non-hydrogen) atoms. The topological polar surface area (TPSA) is 94.9 Å². The molecule has 0 aliphatic heterocycles. The summed E-state index contributed by atoms with van der Waals surface area (Å²) >= 11 is 0. The first kappa shape index (κ1) is 15.2. The molecule has 0 saturated heterocycles. The molecule has 0 atom stereocenters. The van der Waals surface area contributed by atoms with E-state index in [-0.39, 0.29) is 18.2 Å². The Hall–Kier alpha value is -3.20. The third-order valence-corrected chi connectivity index (χ3v) is 2.80. The van der Waals surface area contributed by atoms with Gasteiger partial charge >= 0.3 is 0 Å². The molecule has 2 rings (SSSR count). The van der Waals surface area contributed by atoms with Gasteiger partial charge in [0.05, 0.1) is 6.07 Å². The molecular formula is C16H14N4O2. The number of benzene rings is 1. The zero-order chi connectivity index (χ0) is 15.8. The fourth-order valence-corrected chi connectivity index (χ4v) is 1.81. The number of carbonyl (C=O) groups is 2. The highest BCUT2D eigenvalue weighted by Crippen LogP contribution is 2.11. The molecule has 0 bridgehead atoms. The third-order valence-electron chi connectivity index (χ3n) is 2.80. The molecule has 1 aromatic heterocycles. The van der Waals surface area contributed by atoms with Gasteiger partial charge in [0.2, 0.25) is 5.91 Å². The number of anilines is 1. The maximum Gasteiger partial charge on any atom is 0.270 e. The molecular weight excluding hydrogens is 280 g/mol. The largest absolute Gasteiger partial charge is 0.347 e. The minimum absolute atomic E-state index is 0.194. The minimum Gasteiger partial charge on any atom is -0.347 e. The highest BCUT2D eigenvalue weighted by molar-refractivity contribution is 5.92. The average molecular weight is 294 g/mol. The van der Waals surface area contributed by atoms with Crippen LogP contribution in [-0.4, -0.2) is 16.8 Å². The molecule has 2 aromatic rings. The minimum atomic E-state index is -0.364. The molecule has 0 aliphatic carbocycles. The smallest absolute Gasteiger partial charge is 0.270 e. The number of rotatable bonds is 5. The van der Waals surface area contributed by atoms with E-state index in [9.17, 15) is 9.59 Å². The van der Waals surface area contributed by atoms with Crippen LogP contribution in [0.5, 0.6) is 0 Å². The van der Waals surface area contributed by atoms with E-state index in [4.69, 9.17) is 5.26 Å². The van der Waals surface area contributed by atoms with Gasteiger partial charge < -0.3 is 10.6 Å². The summed E-state index contributed by atoms with van der Waals surface area (Å²) in [5.74, 6) is -0.628. The first-order chi connectivity index (χ1) is 10.7. The van der Waals surface area contributed by atoms with Crippen molar-refractivity contribution in [2.24, 2.45) is 0 Å². The van der Waals surface area contributed by atoms with Gasteiger partial charge in [-0.3, -0.25) is 14.6 Å². The molecule has 2 amide bonds. The molecule has 2 N–H and O–H groups in total. The number of nitrogens with one attached hydrogen (secondary N) is 2. The zero-order valence-corrected chi connectivity index (χ0v) is 11.7. The number of amides is 2. The van der Waals surface area contributed by atoms with Crippen LogP contribution >= 0.6 is 0 Å². The Morgan fingerprint density at radius 2 is 2.05 bits per heavy atom. The van der Waals surface area contributed by atoms with E-state index in [1.165, 1.54) is 0 Å². The van der Waals surface area contributed by atoms with Crippen LogP contribution < -0.4 is 10.6 Å². The molecule has 6 nitrogen and oxygen atoms in total. The van der Waals surface area contributed by atoms with Gasteiger partial charge in [-0.25, -0.2) is 0 Å². The molecule has 0 fully saturated rings. The first-order valence-electron chi connectivity index (χ1n) is 6.64. The fourth-order valence-electron chi connectivity index (χ4n) is 1.81. The quantitative estimate of drug-likeness (QED) is 0.880. The molecule has 0 saturated carbocycles. The summed E-state index contributed by atoms with van der Waals surface area (Å²) in [6.45, 7) is 0.317. The number of hydrogen-bond donors (Lipinski definition) is 2. The highest BCUT2D eigenvalue weighted by Gasteiger charge is 2.06. The second-order valence-electron chi connectivity index (χ2n) is 4.48. The molecule has 6 heteroatoms. The van der Waals surface area contributed by atoms with Gasteiger partial charge in [-0.2, -0.15) is 5.26 Å². The van der Waals surface area contributed by atoms with Crippen LogP contribution in [0.2, 0.25) is 0 Å². The standard InChI is InChI=1S/C16H14N4O2/c17-8-7-15(21)20-13-5-3-4-12(10-13)11-19-16(22)14-6-1-2-9-18-14/h1-6,9-10H,7,11H2,(H,19,22)(H,20,21). The Bertz CT molecular complexity index is 708. The zero-order valence-electron chi connectivity index (χ0n) is 11.7. The third kappa shape index (κ3) is 4.42. The normalized spacial score (nSPS) is 9.59. The van der Waals surface area contributed by atoms with Crippen molar-refractivity contribution in [3.8, 4) is 6.07 Å². The van der Waals surface area contributed by atoms with Crippen LogP contribution in [0.1, 0.15) is 22.5 Å². The summed E-state index contributed by atoms with van der Waals surface area (Å²) in [7, 11) is 0. The summed E-state index contributed by atoms with van der Waals surface area (Å²) in [4.78, 5) is 27.2. The van der Waals surface area contributed by atoms with Crippen molar-refractivity contribution in [3.63, 3.8) is 0 Å². The van der Waals surface area contributed by atoms with E-state index < -0.39 is 0 Å². The van der Waals surface area contributed by atoms with E-state index in [1.54, 1.807) is 48.7 Å². The number of nitriles is 1. The molecule has 1 heterocycles. The predicted octanol–water partition coefficient (Wildman–Crippen LogP) is 1.86. The summed E-state index contributed by atoms with van der Waals surface area (Å²) in [5.41, 5.74) is 1.77. The van der Waals surface area contributed by atoms with Crippen LogP contribution in [0.15, 0.2) is 48.7 Å². The van der Waals surface area contributed by atoms with Crippen LogP contribution in [0, 0.1) is 11.3 Å². The van der Waals surface area contributed by atoms with Crippen LogP contribution in [0.3, 0.4) is 0 Å². The monoisotopic (exact) mass is 294 g/mol. The van der Waals surface area contributed by atoms with Crippen molar-refractivity contribution < 1.29 is 9.59 Å². The Morgan fingerprint density at radius 1 is 1.18 bits per heavy atom. The van der Waals surface area contributed by atoms with Crippen molar-refractivity contribution in [2.75, 3.05) is 5.32 Å². The lowest BCUT2D eigenvalue weighted by Gasteiger charge is -2.07. The Labute approximate surface area is 127 Å². The Kier molecular flexibility index (Phi) is 5.21. The van der Waals surface area contributed by atoms with Gasteiger partial charge in [0.1, 0.15) is 12.1 Å². The van der Waals surface area contributed by atoms with Crippen molar-refractivity contribution in [2.45, 2.75) is 13.0 Å². The fraction of sp³-hybridized carbons (Fsp3) is 0.125. The molecule has 0 aliphatic rings. The summed E-state index contributed by atoms with van der Waals surface area (Å²) in [6.07, 6.45) is 1.36. The molecule has 0 radical (unpaired) electrons. The maximum atomic E-state index is 11.9. The van der Waals surface area contributed by atoms with Gasteiger partial charge in [-0.1, -0.05) is 18.2 Å². The lowest BCUT2D eigenvalue weighted by atomic mass is 10.2. The van der Waals surface area contributed by atoms with Gasteiger partial charge in [-0.15, -0.1) is 0 Å². The van der Waals surface area contributed by atoms with Crippen LogP contribution in [0.4, 0.5) is 5.69 Å². The molecule has 0 spiro atoms. The van der Waals surface area contributed by atoms with Gasteiger partial charge in [0.25, 0.3) is 5.91 Å². The van der Waals surface area contributed by atoms with E-state index in [2.05, 4.69) is 15.6 Å². The number of carbonyl (C=O) groups excluding carboxylic acids is 2. The van der Waals surface area contributed by atoms with Crippen molar-refractivity contribution >= 4 is 17.5 Å². The second kappa shape index (κ2) is 7.55. The Balaban J connectivity index is 1.95. The van der Waals surface area contributed by atoms with E-state index in [0.717, 1.165) is 5.56 Å². The van der Waals surface area contributed by atoms with Gasteiger partial charge in [-0.05, 0) is 29.8 Å². The predicted molar refractivity (Wildman–Crippen MR) is 80.7 cm³/mol. The summed E-state index contributed by atoms with van der Waals surface area (Å²) < 4.78 is 0. The number of aromatic nitrogens is 1. The molecule has 0 unspecified atom stereocenters.